The van der Waals surface area contributed by atoms with Crippen molar-refractivity contribution >= 4 is 28.2 Å². The monoisotopic (exact) mass is 361 g/mol. The summed E-state index contributed by atoms with van der Waals surface area (Å²) in [5.41, 5.74) is 12.5. The van der Waals surface area contributed by atoms with Crippen molar-refractivity contribution in [2.45, 2.75) is 64.5 Å². The highest BCUT2D eigenvalue weighted by Crippen LogP contribution is 2.44. The maximum atomic E-state index is 6.42. The topological polar surface area (TPSA) is 74.2 Å². The summed E-state index contributed by atoms with van der Waals surface area (Å²) in [4.78, 5) is 4.11. The molecule has 1 aliphatic carbocycles. The molecule has 1 aromatic heterocycles. The molecule has 0 aliphatic heterocycles. The van der Waals surface area contributed by atoms with Gasteiger partial charge in [0.1, 0.15) is 11.6 Å². The first-order valence-corrected chi connectivity index (χ1v) is 9.59. The molecular weight excluding hydrogens is 334 g/mol. The van der Waals surface area contributed by atoms with E-state index in [9.17, 15) is 0 Å². The van der Waals surface area contributed by atoms with E-state index in [1.807, 2.05) is 18.2 Å². The Morgan fingerprint density at radius 3 is 2.72 bits per heavy atom. The summed E-state index contributed by atoms with van der Waals surface area (Å²) < 4.78 is 6.25. The highest BCUT2D eigenvalue weighted by molar-refractivity contribution is 6.33. The lowest BCUT2D eigenvalue weighted by atomic mass is 9.66. The van der Waals surface area contributed by atoms with Crippen molar-refractivity contribution in [2.75, 3.05) is 5.73 Å². The van der Waals surface area contributed by atoms with Gasteiger partial charge in [-0.05, 0) is 68.0 Å². The molecule has 1 aromatic carbocycles. The maximum absolute atomic E-state index is 6.42. The van der Waals surface area contributed by atoms with Crippen molar-refractivity contribution in [1.29, 1.82) is 0 Å². The van der Waals surface area contributed by atoms with Gasteiger partial charge in [0.2, 0.25) is 0 Å². The molecule has 4 N–H and O–H groups in total. The van der Waals surface area contributed by atoms with Gasteiger partial charge in [-0.1, -0.05) is 24.9 Å². The minimum atomic E-state index is 0.192. The number of ether oxygens (including phenoxy) is 1. The molecule has 2 aromatic rings. The average molecular weight is 362 g/mol. The fourth-order valence-corrected chi connectivity index (χ4v) is 4.39. The largest absolute Gasteiger partial charge is 0.489 e. The number of nitrogen functional groups attached to an aromatic ring is 1. The number of rotatable bonds is 5. The molecule has 1 heterocycles. The smallest absolute Gasteiger partial charge is 0.138 e. The molecule has 0 saturated heterocycles. The van der Waals surface area contributed by atoms with Gasteiger partial charge in [-0.15, -0.1) is 0 Å². The zero-order valence-electron chi connectivity index (χ0n) is 15.1. The predicted octanol–water partition coefficient (Wildman–Crippen LogP) is 4.93. The Morgan fingerprint density at radius 1 is 1.36 bits per heavy atom. The Bertz CT molecular complexity index is 739. The van der Waals surface area contributed by atoms with Crippen LogP contribution in [0.1, 0.15) is 52.4 Å². The molecule has 1 saturated carbocycles. The molecule has 3 rings (SSSR count). The predicted molar refractivity (Wildman–Crippen MR) is 105 cm³/mol. The Balaban J connectivity index is 1.74. The van der Waals surface area contributed by atoms with Gasteiger partial charge in [-0.25, -0.2) is 4.98 Å². The quantitative estimate of drug-likeness (QED) is 0.792. The number of fused-ring (bicyclic) bond motifs is 1. The Kier molecular flexibility index (Phi) is 5.40. The minimum Gasteiger partial charge on any atom is -0.489 e. The molecule has 1 aliphatic rings. The van der Waals surface area contributed by atoms with Gasteiger partial charge in [0.25, 0.3) is 0 Å². The zero-order chi connectivity index (χ0) is 18.0. The van der Waals surface area contributed by atoms with Gasteiger partial charge in [0, 0.05) is 17.6 Å². The van der Waals surface area contributed by atoms with Crippen LogP contribution in [-0.4, -0.2) is 17.1 Å². The van der Waals surface area contributed by atoms with E-state index in [1.54, 1.807) is 6.20 Å². The second kappa shape index (κ2) is 7.38. The van der Waals surface area contributed by atoms with E-state index < -0.39 is 0 Å². The molecule has 0 spiro atoms. The Morgan fingerprint density at radius 2 is 2.08 bits per heavy atom. The number of halogens is 1. The van der Waals surface area contributed by atoms with Gasteiger partial charge in [-0.2, -0.15) is 0 Å². The van der Waals surface area contributed by atoms with Crippen LogP contribution in [-0.2, 0) is 0 Å². The van der Waals surface area contributed by atoms with Gasteiger partial charge in [0.15, 0.2) is 0 Å². The van der Waals surface area contributed by atoms with E-state index >= 15 is 0 Å². The number of anilines is 1. The first-order valence-electron chi connectivity index (χ1n) is 9.21. The number of hydrogen-bond acceptors (Lipinski definition) is 4. The normalized spacial score (nSPS) is 25.0. The third-order valence-corrected chi connectivity index (χ3v) is 6.08. The van der Waals surface area contributed by atoms with Gasteiger partial charge < -0.3 is 16.2 Å². The van der Waals surface area contributed by atoms with E-state index in [1.165, 1.54) is 12.8 Å². The number of benzene rings is 1. The second-order valence-corrected chi connectivity index (χ2v) is 7.83. The van der Waals surface area contributed by atoms with E-state index in [-0.39, 0.29) is 17.6 Å². The van der Waals surface area contributed by atoms with Crippen LogP contribution in [0.5, 0.6) is 5.75 Å². The van der Waals surface area contributed by atoms with E-state index in [0.717, 1.165) is 42.2 Å². The molecule has 136 valence electrons. The molecule has 0 amide bonds. The van der Waals surface area contributed by atoms with Crippen LogP contribution < -0.4 is 16.2 Å². The molecule has 0 bridgehead atoms. The van der Waals surface area contributed by atoms with E-state index in [2.05, 4.69) is 18.8 Å². The molecule has 1 atom stereocenters. The third kappa shape index (κ3) is 3.70. The molecule has 4 nitrogen and oxygen atoms in total. The Labute approximate surface area is 154 Å². The summed E-state index contributed by atoms with van der Waals surface area (Å²) in [6.07, 6.45) is 8.55. The lowest BCUT2D eigenvalue weighted by molar-refractivity contribution is 0.0580. The van der Waals surface area contributed by atoms with E-state index in [4.69, 9.17) is 27.8 Å². The van der Waals surface area contributed by atoms with E-state index in [0.29, 0.717) is 10.8 Å². The summed E-state index contributed by atoms with van der Waals surface area (Å²) in [6, 6.07) is 5.97. The molecule has 0 unspecified atom stereocenters. The lowest BCUT2D eigenvalue weighted by Gasteiger charge is -2.43. The Hall–Kier alpha value is -1.52. The van der Waals surface area contributed by atoms with Crippen LogP contribution in [0.25, 0.3) is 10.8 Å². The number of hydrogen-bond donors (Lipinski definition) is 2. The first-order chi connectivity index (χ1) is 11.9. The van der Waals surface area contributed by atoms with Crippen molar-refractivity contribution in [1.82, 2.24) is 4.98 Å². The third-order valence-electron chi connectivity index (χ3n) is 5.78. The minimum absolute atomic E-state index is 0.192. The number of aromatic nitrogens is 1. The average Bonchev–Trinajstić information content (AvgIpc) is 2.58. The van der Waals surface area contributed by atoms with Crippen LogP contribution >= 0.6 is 11.6 Å². The van der Waals surface area contributed by atoms with Crippen LogP contribution in [0.2, 0.25) is 5.02 Å². The first kappa shape index (κ1) is 18.3. The fraction of sp³-hybridized carbons (Fsp3) is 0.550. The number of nitrogens with zero attached hydrogens (tertiary/aromatic N) is 1. The van der Waals surface area contributed by atoms with Gasteiger partial charge in [0.05, 0.1) is 11.1 Å². The van der Waals surface area contributed by atoms with Crippen LogP contribution in [0.4, 0.5) is 5.82 Å². The van der Waals surface area contributed by atoms with Crippen LogP contribution in [0.15, 0.2) is 24.4 Å². The number of nitrogens with two attached hydrogens (primary N) is 2. The summed E-state index contributed by atoms with van der Waals surface area (Å²) in [6.45, 7) is 4.39. The van der Waals surface area contributed by atoms with Gasteiger partial charge in [-0.3, -0.25) is 0 Å². The van der Waals surface area contributed by atoms with Crippen molar-refractivity contribution in [3.63, 3.8) is 0 Å². The van der Waals surface area contributed by atoms with Crippen molar-refractivity contribution < 1.29 is 4.74 Å². The summed E-state index contributed by atoms with van der Waals surface area (Å²) >= 11 is 6.42. The second-order valence-electron chi connectivity index (χ2n) is 7.42. The lowest BCUT2D eigenvalue weighted by Crippen LogP contribution is -2.44. The molecule has 25 heavy (non-hydrogen) atoms. The van der Waals surface area contributed by atoms with Crippen LogP contribution in [0, 0.1) is 5.41 Å². The maximum Gasteiger partial charge on any atom is 0.138 e. The molecular formula is C20H28ClN3O. The highest BCUT2D eigenvalue weighted by Gasteiger charge is 2.38. The SMILES string of the molecule is CCCC1([C@@H](C)N)CCC(Oc2cc3ccnc(N)c3cc2Cl)CC1. The molecule has 0 radical (unpaired) electrons. The van der Waals surface area contributed by atoms with Crippen molar-refractivity contribution in [2.24, 2.45) is 11.1 Å². The summed E-state index contributed by atoms with van der Waals surface area (Å²) in [5, 5.41) is 2.45. The summed E-state index contributed by atoms with van der Waals surface area (Å²) in [5.74, 6) is 1.22. The summed E-state index contributed by atoms with van der Waals surface area (Å²) in [7, 11) is 0. The van der Waals surface area contributed by atoms with Gasteiger partial charge >= 0.3 is 0 Å². The highest BCUT2D eigenvalue weighted by atomic mass is 35.5. The molecule has 5 heteroatoms. The standard InChI is InChI=1S/C20H28ClN3O/c1-3-7-20(13(2)22)8-4-15(5-9-20)25-18-11-14-6-10-24-19(23)16(14)12-17(18)21/h6,10-13,15H,3-5,7-9,22H2,1-2H3,(H2,23,24)/t13-,15?,20?/m1/s1. The zero-order valence-corrected chi connectivity index (χ0v) is 15.9. The van der Waals surface area contributed by atoms with Crippen molar-refractivity contribution in [3.05, 3.63) is 29.4 Å². The van der Waals surface area contributed by atoms with Crippen molar-refractivity contribution in [3.8, 4) is 5.75 Å². The fourth-order valence-electron chi connectivity index (χ4n) is 4.18. The molecule has 1 fully saturated rings. The van der Waals surface area contributed by atoms with Crippen LogP contribution in [0.3, 0.4) is 0 Å². The number of pyridine rings is 1.